The molecule has 8 heteroatoms. The molecule has 7 nitrogen and oxygen atoms in total. The molecule has 0 fully saturated rings. The maximum Gasteiger partial charge on any atom is 0.409 e. The summed E-state index contributed by atoms with van der Waals surface area (Å²) in [5, 5.41) is 16.6. The minimum Gasteiger partial charge on any atom is -0.495 e. The predicted molar refractivity (Wildman–Crippen MR) is 102 cm³/mol. The van der Waals surface area contributed by atoms with Crippen LogP contribution in [0.1, 0.15) is 26.3 Å². The molecule has 0 saturated heterocycles. The lowest BCUT2D eigenvalue weighted by Gasteiger charge is -2.36. The Hall–Kier alpha value is -1.70. The zero-order valence-electron chi connectivity index (χ0n) is 16.2. The van der Waals surface area contributed by atoms with Crippen LogP contribution < -0.4 is 15.4 Å². The summed E-state index contributed by atoms with van der Waals surface area (Å²) in [5.41, 5.74) is 0.110. The fourth-order valence-electron chi connectivity index (χ4n) is 3.04. The Morgan fingerprint density at radius 2 is 2.04 bits per heavy atom. The van der Waals surface area contributed by atoms with Gasteiger partial charge in [0.05, 0.1) is 19.4 Å². The van der Waals surface area contributed by atoms with E-state index in [9.17, 15) is 9.90 Å². The third kappa shape index (κ3) is 5.65. The number of benzene rings is 1. The highest BCUT2D eigenvalue weighted by Gasteiger charge is 2.38. The first-order chi connectivity index (χ1) is 12.2. The Kier molecular flexibility index (Phi) is 8.46. The van der Waals surface area contributed by atoms with E-state index in [1.54, 1.807) is 21.1 Å². The molecule has 1 aromatic rings. The Labute approximate surface area is 160 Å². The molecule has 1 aromatic carbocycles. The molecule has 0 aliphatic heterocycles. The van der Waals surface area contributed by atoms with Crippen molar-refractivity contribution >= 4 is 23.4 Å². The number of ether oxygens (including phenoxy) is 3. The molecule has 0 saturated carbocycles. The number of alkyl carbamates (subject to hydrolysis) is 1. The number of methoxy groups -OCH3 is 2. The minimum atomic E-state index is -1.59. The van der Waals surface area contributed by atoms with Gasteiger partial charge in [-0.15, -0.1) is 0 Å². The lowest BCUT2D eigenvalue weighted by molar-refractivity contribution is -0.120. The van der Waals surface area contributed by atoms with Crippen LogP contribution in [0.15, 0.2) is 12.1 Å². The van der Waals surface area contributed by atoms with Crippen molar-refractivity contribution in [2.24, 2.45) is 5.92 Å². The largest absolute Gasteiger partial charge is 0.495 e. The lowest BCUT2D eigenvalue weighted by Crippen LogP contribution is -2.57. The molecule has 0 aliphatic rings. The van der Waals surface area contributed by atoms with E-state index in [4.69, 9.17) is 25.8 Å². The van der Waals surface area contributed by atoms with Gasteiger partial charge in [0.25, 0.3) is 0 Å². The Morgan fingerprint density at radius 3 is 2.54 bits per heavy atom. The molecule has 0 spiro atoms. The number of anilines is 1. The molecule has 0 radical (unpaired) electrons. The highest BCUT2D eigenvalue weighted by Crippen LogP contribution is 2.35. The van der Waals surface area contributed by atoms with Gasteiger partial charge >= 0.3 is 6.09 Å². The summed E-state index contributed by atoms with van der Waals surface area (Å²) in [6, 6.07) is 3.77. The van der Waals surface area contributed by atoms with Crippen LogP contribution in [0.4, 0.5) is 10.5 Å². The highest BCUT2D eigenvalue weighted by atomic mass is 35.5. The summed E-state index contributed by atoms with van der Waals surface area (Å²) in [7, 11) is 4.82. The van der Waals surface area contributed by atoms with Crippen LogP contribution in [-0.2, 0) is 15.9 Å². The van der Waals surface area contributed by atoms with E-state index >= 15 is 0 Å². The van der Waals surface area contributed by atoms with Crippen molar-refractivity contribution in [3.05, 3.63) is 22.7 Å². The second-order valence-electron chi connectivity index (χ2n) is 6.24. The quantitative estimate of drug-likeness (QED) is 0.563. The molecule has 0 aliphatic carbocycles. The predicted octanol–water partition coefficient (Wildman–Crippen LogP) is 3.04. The van der Waals surface area contributed by atoms with Crippen LogP contribution in [0.5, 0.6) is 5.75 Å². The molecule has 3 N–H and O–H groups in total. The molecular weight excluding hydrogens is 360 g/mol. The highest BCUT2D eigenvalue weighted by molar-refractivity contribution is 6.34. The fourth-order valence-corrected chi connectivity index (χ4v) is 3.32. The molecule has 1 amide bonds. The average molecular weight is 389 g/mol. The van der Waals surface area contributed by atoms with Crippen LogP contribution in [0, 0.1) is 5.92 Å². The van der Waals surface area contributed by atoms with Gasteiger partial charge in [-0.25, -0.2) is 4.79 Å². The number of hydrogen-bond donors (Lipinski definition) is 3. The molecule has 3 atom stereocenters. The van der Waals surface area contributed by atoms with Crippen molar-refractivity contribution in [2.45, 2.75) is 39.0 Å². The number of halogens is 1. The number of carbonyl (C=O) groups excluding carboxylic acids is 1. The maximum absolute atomic E-state index is 11.7. The van der Waals surface area contributed by atoms with Gasteiger partial charge in [-0.05, 0) is 43.9 Å². The summed E-state index contributed by atoms with van der Waals surface area (Å²) < 4.78 is 15.6. The van der Waals surface area contributed by atoms with Crippen LogP contribution in [-0.4, -0.2) is 50.9 Å². The van der Waals surface area contributed by atoms with Gasteiger partial charge in [0.1, 0.15) is 16.9 Å². The first-order valence-corrected chi connectivity index (χ1v) is 8.82. The number of aliphatic hydroxyl groups is 1. The molecule has 26 heavy (non-hydrogen) atoms. The molecular formula is C18H29ClN2O5. The Balaban J connectivity index is 2.99. The normalized spacial score (nSPS) is 15.5. The summed E-state index contributed by atoms with van der Waals surface area (Å²) >= 11 is 6.25. The second kappa shape index (κ2) is 9.85. The van der Waals surface area contributed by atoms with E-state index in [0.717, 1.165) is 11.3 Å². The maximum atomic E-state index is 11.7. The van der Waals surface area contributed by atoms with E-state index in [2.05, 4.69) is 10.6 Å². The van der Waals surface area contributed by atoms with E-state index in [1.165, 1.54) is 14.0 Å². The zero-order valence-corrected chi connectivity index (χ0v) is 16.9. The summed E-state index contributed by atoms with van der Waals surface area (Å²) in [4.78, 5) is 11.7. The van der Waals surface area contributed by atoms with Crippen molar-refractivity contribution in [2.75, 3.05) is 33.2 Å². The van der Waals surface area contributed by atoms with Crippen LogP contribution in [0.2, 0.25) is 5.02 Å². The van der Waals surface area contributed by atoms with Crippen molar-refractivity contribution in [1.82, 2.24) is 5.32 Å². The third-order valence-electron chi connectivity index (χ3n) is 4.10. The van der Waals surface area contributed by atoms with Crippen LogP contribution in [0.25, 0.3) is 0 Å². The van der Waals surface area contributed by atoms with Crippen LogP contribution >= 0.6 is 11.6 Å². The SMILES string of the molecule is CCOC(=O)NC(C)(O)C(OC)C(C)Cc1cc(NC)c(Cl)c(OC)c1. The third-order valence-corrected chi connectivity index (χ3v) is 4.49. The van der Waals surface area contributed by atoms with E-state index in [-0.39, 0.29) is 12.5 Å². The number of hydrogen-bond acceptors (Lipinski definition) is 6. The topological polar surface area (TPSA) is 89.1 Å². The van der Waals surface area contributed by atoms with Gasteiger partial charge in [-0.2, -0.15) is 0 Å². The Morgan fingerprint density at radius 1 is 1.38 bits per heavy atom. The number of nitrogens with one attached hydrogen (secondary N) is 2. The average Bonchev–Trinajstić information content (AvgIpc) is 2.56. The van der Waals surface area contributed by atoms with Gasteiger partial charge < -0.3 is 24.6 Å². The molecule has 0 bridgehead atoms. The molecule has 0 aromatic heterocycles. The standard InChI is InChI=1S/C18H29ClN2O5/c1-7-26-17(22)21-18(3,23)16(25-6)11(2)8-12-9-13(20-4)15(19)14(10-12)24-5/h9-11,16,20,23H,7-8H2,1-6H3,(H,21,22). The van der Waals surface area contributed by atoms with E-state index in [0.29, 0.717) is 17.2 Å². The van der Waals surface area contributed by atoms with E-state index in [1.807, 2.05) is 19.1 Å². The molecule has 0 heterocycles. The van der Waals surface area contributed by atoms with Crippen molar-refractivity contribution in [1.29, 1.82) is 0 Å². The summed E-state index contributed by atoms with van der Waals surface area (Å²) in [6.45, 7) is 5.32. The number of carbonyl (C=O) groups is 1. The molecule has 1 rings (SSSR count). The monoisotopic (exact) mass is 388 g/mol. The molecule has 148 valence electrons. The molecule has 3 unspecified atom stereocenters. The zero-order chi connectivity index (χ0) is 19.9. The lowest BCUT2D eigenvalue weighted by atomic mass is 9.89. The summed E-state index contributed by atoms with van der Waals surface area (Å²) in [6.07, 6.45) is -0.787. The summed E-state index contributed by atoms with van der Waals surface area (Å²) in [5.74, 6) is 0.429. The van der Waals surface area contributed by atoms with Crippen molar-refractivity contribution < 1.29 is 24.1 Å². The second-order valence-corrected chi connectivity index (χ2v) is 6.62. The first-order valence-electron chi connectivity index (χ1n) is 8.44. The van der Waals surface area contributed by atoms with Gasteiger partial charge in [-0.1, -0.05) is 18.5 Å². The minimum absolute atomic E-state index is 0.132. The number of amides is 1. The smallest absolute Gasteiger partial charge is 0.409 e. The van der Waals surface area contributed by atoms with Gasteiger partial charge in [0.2, 0.25) is 0 Å². The van der Waals surface area contributed by atoms with E-state index < -0.39 is 17.9 Å². The van der Waals surface area contributed by atoms with Crippen molar-refractivity contribution in [3.8, 4) is 5.75 Å². The van der Waals surface area contributed by atoms with Gasteiger partial charge in [0.15, 0.2) is 5.72 Å². The fraction of sp³-hybridized carbons (Fsp3) is 0.611. The van der Waals surface area contributed by atoms with Crippen LogP contribution in [0.3, 0.4) is 0 Å². The van der Waals surface area contributed by atoms with Gasteiger partial charge in [-0.3, -0.25) is 5.32 Å². The number of rotatable bonds is 9. The Bertz CT molecular complexity index is 584. The van der Waals surface area contributed by atoms with Gasteiger partial charge in [0, 0.05) is 14.2 Å². The van der Waals surface area contributed by atoms with Crippen molar-refractivity contribution in [3.63, 3.8) is 0 Å². The first kappa shape index (κ1) is 22.3.